The number of aromatic nitrogens is 3. The van der Waals surface area contributed by atoms with Crippen LogP contribution in [0.4, 0.5) is 0 Å². The number of benzene rings is 6. The van der Waals surface area contributed by atoms with Gasteiger partial charge in [0.05, 0.1) is 34.2 Å². The van der Waals surface area contributed by atoms with Crippen molar-refractivity contribution >= 4 is 22.0 Å². The number of pyridine rings is 1. The number of para-hydroxylation sites is 2. The van der Waals surface area contributed by atoms with Gasteiger partial charge in [0.1, 0.15) is 17.3 Å². The first-order valence-corrected chi connectivity index (χ1v) is 20.0. The van der Waals surface area contributed by atoms with E-state index in [9.17, 15) is 5.11 Å². The molecule has 3 aromatic heterocycles. The predicted molar refractivity (Wildman–Crippen MR) is 240 cm³/mol. The molecule has 0 saturated carbocycles. The molecule has 9 aromatic rings. The van der Waals surface area contributed by atoms with E-state index in [2.05, 4.69) is 180 Å². The largest absolute Gasteiger partial charge is 0.507 e. The lowest BCUT2D eigenvalue weighted by Crippen LogP contribution is -2.17. The van der Waals surface area contributed by atoms with Crippen LogP contribution in [0.1, 0.15) is 58.4 Å². The van der Waals surface area contributed by atoms with Crippen LogP contribution in [-0.4, -0.2) is 19.6 Å². The van der Waals surface area contributed by atoms with Crippen molar-refractivity contribution in [1.29, 1.82) is 0 Å². The highest BCUT2D eigenvalue weighted by Crippen LogP contribution is 2.45. The van der Waals surface area contributed by atoms with Crippen molar-refractivity contribution in [2.45, 2.75) is 59.3 Å². The molecule has 9 rings (SSSR count). The average Bonchev–Trinajstić information content (AvgIpc) is 3.77. The summed E-state index contributed by atoms with van der Waals surface area (Å²) in [5.41, 5.74) is 14.0. The van der Waals surface area contributed by atoms with Gasteiger partial charge in [-0.05, 0) is 70.3 Å². The maximum atomic E-state index is 12.3. The molecule has 0 unspecified atom stereocenters. The lowest BCUT2D eigenvalue weighted by atomic mass is 9.79. The van der Waals surface area contributed by atoms with Gasteiger partial charge >= 0.3 is 0 Å². The van der Waals surface area contributed by atoms with Gasteiger partial charge in [-0.2, -0.15) is 0 Å². The summed E-state index contributed by atoms with van der Waals surface area (Å²) in [7, 11) is 0. The average molecular weight is 758 g/mol. The van der Waals surface area contributed by atoms with E-state index in [-0.39, 0.29) is 16.6 Å². The molecular weight excluding hydrogens is 711 g/mol. The number of hydrogen-bond acceptors (Lipinski definition) is 4. The minimum atomic E-state index is -0.307. The fourth-order valence-electron chi connectivity index (χ4n) is 8.19. The van der Waals surface area contributed by atoms with Crippen LogP contribution in [0.3, 0.4) is 0 Å². The van der Waals surface area contributed by atoms with Crippen LogP contribution >= 0.6 is 0 Å². The van der Waals surface area contributed by atoms with E-state index >= 15 is 0 Å². The molecule has 6 aromatic carbocycles. The Morgan fingerprint density at radius 2 is 1.22 bits per heavy atom. The van der Waals surface area contributed by atoms with Crippen molar-refractivity contribution in [2.24, 2.45) is 0 Å². The molecule has 0 aliphatic carbocycles. The second-order valence-corrected chi connectivity index (χ2v) is 17.3. The van der Waals surface area contributed by atoms with E-state index in [1.54, 1.807) is 0 Å². The Labute approximate surface area is 340 Å². The van der Waals surface area contributed by atoms with Gasteiger partial charge in [-0.3, -0.25) is 9.55 Å². The number of aryl methyl sites for hydroxylation is 1. The highest BCUT2D eigenvalue weighted by Gasteiger charge is 2.29. The van der Waals surface area contributed by atoms with Gasteiger partial charge in [0.25, 0.3) is 0 Å². The normalized spacial score (nSPS) is 12.1. The third-order valence-electron chi connectivity index (χ3n) is 11.2. The van der Waals surface area contributed by atoms with Crippen LogP contribution in [0.2, 0.25) is 0 Å². The molecule has 0 radical (unpaired) electrons. The highest BCUT2D eigenvalue weighted by atomic mass is 16.3. The summed E-state index contributed by atoms with van der Waals surface area (Å²) in [6, 6.07) is 50.7. The molecule has 5 heteroatoms. The predicted octanol–water partition coefficient (Wildman–Crippen LogP) is 14.1. The molecule has 5 nitrogen and oxygen atoms in total. The SMILES string of the molecule is Cc1oc2cnc(-c3cccc(-c4cccc5c4nc(-c4cc(C(C)(C)C)cc(C(C)(C)C)c4O)n5-c4ccccc4-c4ccccc4)c3)cc2c1-c1ccccc1. The molecule has 0 saturated heterocycles. The lowest BCUT2D eigenvalue weighted by molar-refractivity contribution is 0.446. The highest BCUT2D eigenvalue weighted by molar-refractivity contribution is 5.99. The zero-order valence-electron chi connectivity index (χ0n) is 34.1. The van der Waals surface area contributed by atoms with Crippen molar-refractivity contribution in [3.05, 3.63) is 169 Å². The maximum absolute atomic E-state index is 12.3. The first kappa shape index (κ1) is 36.9. The van der Waals surface area contributed by atoms with E-state index in [4.69, 9.17) is 14.4 Å². The molecule has 0 amide bonds. The van der Waals surface area contributed by atoms with Crippen LogP contribution in [0.5, 0.6) is 5.75 Å². The van der Waals surface area contributed by atoms with Gasteiger partial charge in [-0.15, -0.1) is 0 Å². The van der Waals surface area contributed by atoms with Gasteiger partial charge in [-0.1, -0.05) is 157 Å². The Morgan fingerprint density at radius 1 is 0.586 bits per heavy atom. The summed E-state index contributed by atoms with van der Waals surface area (Å²) in [5.74, 6) is 1.81. The summed E-state index contributed by atoms with van der Waals surface area (Å²) in [6.07, 6.45) is 1.83. The summed E-state index contributed by atoms with van der Waals surface area (Å²) in [6.45, 7) is 15.1. The van der Waals surface area contributed by atoms with Gasteiger partial charge < -0.3 is 9.52 Å². The Morgan fingerprint density at radius 3 is 1.95 bits per heavy atom. The first-order chi connectivity index (χ1) is 27.9. The lowest BCUT2D eigenvalue weighted by Gasteiger charge is -2.27. The van der Waals surface area contributed by atoms with Gasteiger partial charge in [0, 0.05) is 33.2 Å². The van der Waals surface area contributed by atoms with Gasteiger partial charge in [-0.25, -0.2) is 4.98 Å². The monoisotopic (exact) mass is 757 g/mol. The second-order valence-electron chi connectivity index (χ2n) is 17.3. The molecular formula is C53H47N3O2. The molecule has 1 N–H and O–H groups in total. The van der Waals surface area contributed by atoms with Crippen molar-refractivity contribution in [3.8, 4) is 67.5 Å². The molecule has 0 spiro atoms. The molecule has 0 atom stereocenters. The number of fused-ring (bicyclic) bond motifs is 2. The van der Waals surface area contributed by atoms with Crippen molar-refractivity contribution < 1.29 is 9.52 Å². The van der Waals surface area contributed by atoms with E-state index in [1.807, 2.05) is 25.3 Å². The smallest absolute Gasteiger partial charge is 0.153 e. The first-order valence-electron chi connectivity index (χ1n) is 20.0. The summed E-state index contributed by atoms with van der Waals surface area (Å²) >= 11 is 0. The van der Waals surface area contributed by atoms with Gasteiger partial charge in [0.15, 0.2) is 5.58 Å². The van der Waals surface area contributed by atoms with Crippen LogP contribution in [0.15, 0.2) is 156 Å². The molecule has 0 bridgehead atoms. The summed E-state index contributed by atoms with van der Waals surface area (Å²) < 4.78 is 8.41. The molecule has 0 fully saturated rings. The summed E-state index contributed by atoms with van der Waals surface area (Å²) in [4.78, 5) is 10.4. The maximum Gasteiger partial charge on any atom is 0.153 e. The van der Waals surface area contributed by atoms with Crippen molar-refractivity contribution in [1.82, 2.24) is 14.5 Å². The zero-order valence-corrected chi connectivity index (χ0v) is 34.1. The number of hydrogen-bond donors (Lipinski definition) is 1. The number of phenols is 1. The van der Waals surface area contributed by atoms with Crippen molar-refractivity contribution in [3.63, 3.8) is 0 Å². The molecule has 0 aliphatic rings. The van der Waals surface area contributed by atoms with E-state index in [0.29, 0.717) is 11.4 Å². The Hall–Kier alpha value is -6.72. The molecule has 0 aliphatic heterocycles. The van der Waals surface area contributed by atoms with Crippen molar-refractivity contribution in [2.75, 3.05) is 0 Å². The van der Waals surface area contributed by atoms with Crippen LogP contribution in [0.25, 0.3) is 83.7 Å². The standard InChI is InChI=1S/C53H47N3O2/c1-33-48(35-20-12-9-13-21-35)41-31-44(54-32-47(41)58-33)37-23-16-22-36(28-37)40-25-17-27-46-49(40)55-51(42-29-38(52(2,3)4)30-43(50(42)57)53(5,6)7)56(46)45-26-15-14-24-39(45)34-18-10-8-11-19-34/h8-32,57H,1-7H3. The Bertz CT molecular complexity index is 2980. The molecule has 58 heavy (non-hydrogen) atoms. The number of aromatic hydroxyl groups is 1. The second kappa shape index (κ2) is 14.0. The third kappa shape index (κ3) is 6.47. The number of rotatable bonds is 6. The Kier molecular flexibility index (Phi) is 8.93. The fraction of sp³-hybridized carbons (Fsp3) is 0.170. The number of imidazole rings is 1. The van der Waals surface area contributed by atoms with Crippen LogP contribution in [-0.2, 0) is 10.8 Å². The van der Waals surface area contributed by atoms with E-state index in [0.717, 1.165) is 89.2 Å². The zero-order chi connectivity index (χ0) is 40.3. The number of nitrogens with zero attached hydrogens (tertiary/aromatic N) is 3. The number of furan rings is 1. The van der Waals surface area contributed by atoms with Crippen LogP contribution in [0, 0.1) is 6.92 Å². The third-order valence-corrected chi connectivity index (χ3v) is 11.2. The van der Waals surface area contributed by atoms with E-state index < -0.39 is 0 Å². The quantitative estimate of drug-likeness (QED) is 0.183. The minimum Gasteiger partial charge on any atom is -0.507 e. The van der Waals surface area contributed by atoms with Gasteiger partial charge in [0.2, 0.25) is 0 Å². The van der Waals surface area contributed by atoms with Crippen LogP contribution < -0.4 is 0 Å². The topological polar surface area (TPSA) is 64.1 Å². The minimum absolute atomic E-state index is 0.166. The summed E-state index contributed by atoms with van der Waals surface area (Å²) in [5, 5.41) is 13.3. The fourth-order valence-corrected chi connectivity index (χ4v) is 8.19. The number of phenolic OH excluding ortho intramolecular Hbond substituents is 1. The molecule has 3 heterocycles. The Balaban J connectivity index is 1.28. The van der Waals surface area contributed by atoms with E-state index in [1.165, 1.54) is 0 Å². The molecule has 286 valence electrons.